The largest absolute Gasteiger partial charge is 0.370 e. The Labute approximate surface area is 92.2 Å². The van der Waals surface area contributed by atoms with Gasteiger partial charge in [0.15, 0.2) is 0 Å². The average Bonchev–Trinajstić information content (AvgIpc) is 2.69. The second kappa shape index (κ2) is 7.01. The maximum absolute atomic E-state index is 5.61. The molecule has 0 aromatic heterocycles. The molecule has 15 heavy (non-hydrogen) atoms. The Bertz CT molecular complexity index is 196. The number of rotatable bonds is 7. The highest BCUT2D eigenvalue weighted by molar-refractivity contribution is 7.41. The van der Waals surface area contributed by atoms with Crippen LogP contribution in [0.1, 0.15) is 20.3 Å². The molecular weight excluding hydrogens is 215 g/mol. The van der Waals surface area contributed by atoms with Crippen LogP contribution in [0.15, 0.2) is 12.4 Å². The molecule has 0 fully saturated rings. The average molecular weight is 234 g/mol. The maximum atomic E-state index is 5.61. The Morgan fingerprint density at radius 3 is 2.60 bits per heavy atom. The molecule has 0 amide bonds. The molecule has 2 atom stereocenters. The second-order valence-electron chi connectivity index (χ2n) is 3.19. The summed E-state index contributed by atoms with van der Waals surface area (Å²) in [4.78, 5) is 0. The SMILES string of the molecule is CCOP(OC)O[C@@H](C)CC1NC=CN1. The first-order valence-electron chi connectivity index (χ1n) is 5.07. The van der Waals surface area contributed by atoms with Crippen molar-refractivity contribution in [2.75, 3.05) is 13.7 Å². The van der Waals surface area contributed by atoms with Gasteiger partial charge in [0.25, 0.3) is 0 Å². The van der Waals surface area contributed by atoms with Crippen LogP contribution >= 0.6 is 8.60 Å². The van der Waals surface area contributed by atoms with Crippen molar-refractivity contribution in [3.63, 3.8) is 0 Å². The molecule has 1 aliphatic heterocycles. The monoisotopic (exact) mass is 234 g/mol. The van der Waals surface area contributed by atoms with E-state index in [0.717, 1.165) is 6.42 Å². The van der Waals surface area contributed by atoms with E-state index in [4.69, 9.17) is 13.6 Å². The summed E-state index contributed by atoms with van der Waals surface area (Å²) in [7, 11) is 0.405. The van der Waals surface area contributed by atoms with Crippen LogP contribution in [0.3, 0.4) is 0 Å². The van der Waals surface area contributed by atoms with Gasteiger partial charge in [-0.05, 0) is 13.8 Å². The Balaban J connectivity index is 2.18. The van der Waals surface area contributed by atoms with E-state index in [9.17, 15) is 0 Å². The van der Waals surface area contributed by atoms with Gasteiger partial charge in [-0.2, -0.15) is 0 Å². The van der Waals surface area contributed by atoms with E-state index < -0.39 is 8.60 Å². The molecule has 0 aromatic carbocycles. The minimum absolute atomic E-state index is 0.0903. The van der Waals surface area contributed by atoms with Gasteiger partial charge in [0.2, 0.25) is 0 Å². The molecule has 6 heteroatoms. The van der Waals surface area contributed by atoms with Crippen molar-refractivity contribution < 1.29 is 13.6 Å². The highest BCUT2D eigenvalue weighted by Crippen LogP contribution is 2.40. The van der Waals surface area contributed by atoms with Crippen LogP contribution in [0.4, 0.5) is 0 Å². The van der Waals surface area contributed by atoms with Crippen molar-refractivity contribution in [3.05, 3.63) is 12.4 Å². The molecule has 0 aromatic rings. The molecule has 0 saturated heterocycles. The van der Waals surface area contributed by atoms with Gasteiger partial charge >= 0.3 is 8.60 Å². The summed E-state index contributed by atoms with van der Waals surface area (Å²) in [6, 6.07) is 0. The first-order valence-corrected chi connectivity index (χ1v) is 6.16. The summed E-state index contributed by atoms with van der Waals surface area (Å²) in [5.74, 6) is 0. The van der Waals surface area contributed by atoms with Crippen molar-refractivity contribution in [2.45, 2.75) is 32.5 Å². The summed E-state index contributed by atoms with van der Waals surface area (Å²) < 4.78 is 16.0. The van der Waals surface area contributed by atoms with Crippen LogP contribution in [0.2, 0.25) is 0 Å². The van der Waals surface area contributed by atoms with Crippen LogP contribution in [0, 0.1) is 0 Å². The Hall–Kier alpha value is -0.350. The van der Waals surface area contributed by atoms with Crippen molar-refractivity contribution in [1.82, 2.24) is 10.6 Å². The lowest BCUT2D eigenvalue weighted by atomic mass is 10.2. The lowest BCUT2D eigenvalue weighted by molar-refractivity contribution is 0.131. The Morgan fingerprint density at radius 1 is 1.40 bits per heavy atom. The fraction of sp³-hybridized carbons (Fsp3) is 0.778. The maximum Gasteiger partial charge on any atom is 0.332 e. The van der Waals surface area contributed by atoms with E-state index in [1.807, 2.05) is 26.2 Å². The molecule has 0 spiro atoms. The van der Waals surface area contributed by atoms with E-state index in [2.05, 4.69) is 10.6 Å². The highest BCUT2D eigenvalue weighted by Gasteiger charge is 2.18. The van der Waals surface area contributed by atoms with Crippen molar-refractivity contribution in [2.24, 2.45) is 0 Å². The third kappa shape index (κ3) is 4.80. The van der Waals surface area contributed by atoms with E-state index in [0.29, 0.717) is 6.61 Å². The summed E-state index contributed by atoms with van der Waals surface area (Å²) >= 11 is 0. The molecule has 0 bridgehead atoms. The third-order valence-corrected chi connectivity index (χ3v) is 3.19. The lowest BCUT2D eigenvalue weighted by Gasteiger charge is -2.21. The first-order chi connectivity index (χ1) is 7.26. The van der Waals surface area contributed by atoms with Gasteiger partial charge in [-0.15, -0.1) is 0 Å². The molecule has 1 heterocycles. The zero-order valence-electron chi connectivity index (χ0n) is 9.40. The standard InChI is InChI=1S/C9H19N2O3P/c1-4-13-15(12-3)14-8(2)7-9-10-5-6-11-9/h5-6,8-11H,4,7H2,1-3H3/t8-,15?/m0/s1. The Morgan fingerprint density at radius 2 is 2.07 bits per heavy atom. The third-order valence-electron chi connectivity index (χ3n) is 1.90. The topological polar surface area (TPSA) is 51.8 Å². The lowest BCUT2D eigenvalue weighted by Crippen LogP contribution is -2.34. The fourth-order valence-corrected chi connectivity index (χ4v) is 2.11. The minimum atomic E-state index is -1.19. The van der Waals surface area contributed by atoms with Gasteiger partial charge in [-0.1, -0.05) is 0 Å². The van der Waals surface area contributed by atoms with Crippen LogP contribution in [-0.4, -0.2) is 26.0 Å². The van der Waals surface area contributed by atoms with Crippen LogP contribution in [0.5, 0.6) is 0 Å². The minimum Gasteiger partial charge on any atom is -0.370 e. The zero-order chi connectivity index (χ0) is 11.1. The molecule has 1 rings (SSSR count). The van der Waals surface area contributed by atoms with Gasteiger partial charge < -0.3 is 24.2 Å². The summed E-state index contributed by atoms with van der Waals surface area (Å²) in [5, 5.41) is 6.33. The molecular formula is C9H19N2O3P. The van der Waals surface area contributed by atoms with Crippen molar-refractivity contribution in [1.29, 1.82) is 0 Å². The molecule has 1 aliphatic rings. The van der Waals surface area contributed by atoms with E-state index >= 15 is 0 Å². The van der Waals surface area contributed by atoms with E-state index in [1.54, 1.807) is 7.11 Å². The summed E-state index contributed by atoms with van der Waals surface area (Å²) in [5.41, 5.74) is 0. The van der Waals surface area contributed by atoms with Gasteiger partial charge in [0, 0.05) is 25.9 Å². The second-order valence-corrected chi connectivity index (χ2v) is 4.48. The quantitative estimate of drug-likeness (QED) is 0.656. The van der Waals surface area contributed by atoms with Gasteiger partial charge in [0.1, 0.15) is 0 Å². The predicted octanol–water partition coefficient (Wildman–Crippen LogP) is 1.68. The molecule has 1 unspecified atom stereocenters. The first kappa shape index (κ1) is 12.7. The van der Waals surface area contributed by atoms with Gasteiger partial charge in [-0.3, -0.25) is 0 Å². The predicted molar refractivity (Wildman–Crippen MR) is 59.9 cm³/mol. The number of hydrogen-bond acceptors (Lipinski definition) is 5. The molecule has 0 radical (unpaired) electrons. The van der Waals surface area contributed by atoms with E-state index in [-0.39, 0.29) is 12.3 Å². The normalized spacial score (nSPS) is 19.7. The number of hydrogen-bond donors (Lipinski definition) is 2. The molecule has 0 aliphatic carbocycles. The molecule has 0 saturated carbocycles. The Kier molecular flexibility index (Phi) is 5.95. The smallest absolute Gasteiger partial charge is 0.332 e. The highest BCUT2D eigenvalue weighted by atomic mass is 31.2. The van der Waals surface area contributed by atoms with Crippen molar-refractivity contribution in [3.8, 4) is 0 Å². The summed E-state index contributed by atoms with van der Waals surface area (Å²) in [6.45, 7) is 4.54. The van der Waals surface area contributed by atoms with Gasteiger partial charge in [0.05, 0.1) is 18.9 Å². The number of nitrogens with one attached hydrogen (secondary N) is 2. The fourth-order valence-electron chi connectivity index (χ4n) is 1.27. The van der Waals surface area contributed by atoms with Crippen LogP contribution in [-0.2, 0) is 13.6 Å². The van der Waals surface area contributed by atoms with Gasteiger partial charge in [-0.25, -0.2) is 0 Å². The van der Waals surface area contributed by atoms with Crippen LogP contribution < -0.4 is 10.6 Å². The molecule has 2 N–H and O–H groups in total. The molecule has 5 nitrogen and oxygen atoms in total. The molecule has 88 valence electrons. The van der Waals surface area contributed by atoms with Crippen molar-refractivity contribution >= 4 is 8.60 Å². The van der Waals surface area contributed by atoms with Crippen LogP contribution in [0.25, 0.3) is 0 Å². The summed E-state index contributed by atoms with van der Waals surface area (Å²) in [6.07, 6.45) is 4.98. The van der Waals surface area contributed by atoms with E-state index in [1.165, 1.54) is 0 Å². The zero-order valence-corrected chi connectivity index (χ0v) is 10.3.